The Morgan fingerprint density at radius 1 is 0.900 bits per heavy atom. The lowest BCUT2D eigenvalue weighted by Gasteiger charge is -2.04. The largest absolute Gasteiger partial charge is 0.508 e. The number of carbonyl (C=O) groups is 2. The van der Waals surface area contributed by atoms with Crippen LogP contribution in [0.25, 0.3) is 6.08 Å². The van der Waals surface area contributed by atoms with E-state index in [-0.39, 0.29) is 17.1 Å². The number of aromatic hydroxyl groups is 2. The topological polar surface area (TPSA) is 121 Å². The van der Waals surface area contributed by atoms with E-state index in [0.717, 1.165) is 11.6 Å². The Morgan fingerprint density at radius 3 is 2.23 bits per heavy atom. The summed E-state index contributed by atoms with van der Waals surface area (Å²) < 4.78 is 0. The average Bonchev–Trinajstić information content (AvgIpc) is 2.75. The molecule has 0 bridgehead atoms. The molecule has 0 fully saturated rings. The van der Waals surface area contributed by atoms with E-state index in [0.29, 0.717) is 11.4 Å². The molecule has 0 aliphatic heterocycles. The molecule has 3 rings (SSSR count). The number of nitrogens with one attached hydrogen (secondary N) is 1. The van der Waals surface area contributed by atoms with Gasteiger partial charge in [-0.3, -0.25) is 4.79 Å². The van der Waals surface area contributed by atoms with Gasteiger partial charge in [0, 0.05) is 12.1 Å². The maximum Gasteiger partial charge on any atom is 0.355 e. The van der Waals surface area contributed by atoms with Crippen LogP contribution in [-0.4, -0.2) is 22.1 Å². The van der Waals surface area contributed by atoms with Crippen molar-refractivity contribution in [1.82, 2.24) is 0 Å². The summed E-state index contributed by atoms with van der Waals surface area (Å²) in [5, 5.41) is 26.2. The first-order chi connectivity index (χ1) is 14.5. The van der Waals surface area contributed by atoms with Crippen LogP contribution in [0.1, 0.15) is 15.9 Å². The second-order valence-electron chi connectivity index (χ2n) is 6.06. The van der Waals surface area contributed by atoms with Gasteiger partial charge in [0.05, 0.1) is 16.9 Å². The first-order valence-corrected chi connectivity index (χ1v) is 8.79. The van der Waals surface area contributed by atoms with Crippen molar-refractivity contribution < 1.29 is 24.6 Å². The standard InChI is InChI=1S/C22H17N3O5/c26-19-12-16(13-20(27)14-19)22(29)24-23-17-7-9-18(10-8-17)25-30-21(28)11-6-15-4-2-1-3-5-15/h1-14,25-27H/b11-6+,24-23?. The van der Waals surface area contributed by atoms with Crippen molar-refractivity contribution in [3.8, 4) is 11.5 Å². The summed E-state index contributed by atoms with van der Waals surface area (Å²) in [7, 11) is 0. The van der Waals surface area contributed by atoms with Crippen LogP contribution in [0, 0.1) is 0 Å². The zero-order valence-electron chi connectivity index (χ0n) is 15.6. The van der Waals surface area contributed by atoms with Crippen LogP contribution >= 0.6 is 0 Å². The van der Waals surface area contributed by atoms with E-state index < -0.39 is 11.9 Å². The van der Waals surface area contributed by atoms with E-state index in [2.05, 4.69) is 15.7 Å². The molecule has 3 N–H and O–H groups in total. The van der Waals surface area contributed by atoms with Crippen LogP contribution in [0.3, 0.4) is 0 Å². The number of benzene rings is 3. The summed E-state index contributed by atoms with van der Waals surface area (Å²) in [4.78, 5) is 28.6. The summed E-state index contributed by atoms with van der Waals surface area (Å²) >= 11 is 0. The number of phenols is 2. The van der Waals surface area contributed by atoms with Gasteiger partial charge < -0.3 is 15.1 Å². The van der Waals surface area contributed by atoms with Crippen molar-refractivity contribution in [2.45, 2.75) is 0 Å². The maximum atomic E-state index is 12.0. The van der Waals surface area contributed by atoms with Gasteiger partial charge in [0.25, 0.3) is 5.91 Å². The van der Waals surface area contributed by atoms with Crippen molar-refractivity contribution in [1.29, 1.82) is 0 Å². The number of anilines is 1. The SMILES string of the molecule is O=C(/C=C/c1ccccc1)ONc1ccc(N=NC(=O)c2cc(O)cc(O)c2)cc1. The molecule has 0 saturated heterocycles. The number of azo groups is 1. The summed E-state index contributed by atoms with van der Waals surface area (Å²) in [6, 6.07) is 19.1. The predicted molar refractivity (Wildman–Crippen MR) is 110 cm³/mol. The highest BCUT2D eigenvalue weighted by atomic mass is 16.7. The van der Waals surface area contributed by atoms with Crippen LogP contribution in [0.5, 0.6) is 11.5 Å². The number of phenolic OH excluding ortho intramolecular Hbond substituents is 2. The summed E-state index contributed by atoms with van der Waals surface area (Å²) in [5.74, 6) is -1.79. The third-order valence-electron chi connectivity index (χ3n) is 3.75. The molecule has 150 valence electrons. The van der Waals surface area contributed by atoms with E-state index in [1.807, 2.05) is 30.3 Å². The second-order valence-corrected chi connectivity index (χ2v) is 6.06. The van der Waals surface area contributed by atoms with E-state index in [4.69, 9.17) is 4.84 Å². The third-order valence-corrected chi connectivity index (χ3v) is 3.75. The van der Waals surface area contributed by atoms with Crippen molar-refractivity contribution in [3.63, 3.8) is 0 Å². The molecule has 0 aliphatic rings. The number of hydrogen-bond donors (Lipinski definition) is 3. The minimum atomic E-state index is -0.720. The summed E-state index contributed by atoms with van der Waals surface area (Å²) in [6.07, 6.45) is 2.94. The van der Waals surface area contributed by atoms with Gasteiger partial charge >= 0.3 is 5.97 Å². The van der Waals surface area contributed by atoms with E-state index >= 15 is 0 Å². The molecule has 0 unspecified atom stereocenters. The Bertz CT molecular complexity index is 1070. The van der Waals surface area contributed by atoms with Gasteiger partial charge in [-0.05, 0) is 48.0 Å². The molecule has 3 aromatic rings. The number of amides is 1. The van der Waals surface area contributed by atoms with Gasteiger partial charge in [0.1, 0.15) is 11.5 Å². The lowest BCUT2D eigenvalue weighted by Crippen LogP contribution is -2.07. The molecule has 0 aliphatic carbocycles. The summed E-state index contributed by atoms with van der Waals surface area (Å²) in [6.45, 7) is 0. The minimum Gasteiger partial charge on any atom is -0.508 e. The van der Waals surface area contributed by atoms with Crippen LogP contribution in [0.2, 0.25) is 0 Å². The lowest BCUT2D eigenvalue weighted by atomic mass is 10.2. The normalized spacial score (nSPS) is 10.9. The highest BCUT2D eigenvalue weighted by Crippen LogP contribution is 2.22. The quantitative estimate of drug-likeness (QED) is 0.314. The van der Waals surface area contributed by atoms with Crippen LogP contribution in [-0.2, 0) is 9.63 Å². The molecule has 0 aromatic heterocycles. The molecule has 1 amide bonds. The molecule has 3 aromatic carbocycles. The van der Waals surface area contributed by atoms with Crippen LogP contribution in [0.15, 0.2) is 89.1 Å². The van der Waals surface area contributed by atoms with Gasteiger partial charge in [-0.2, -0.15) is 0 Å². The Morgan fingerprint density at radius 2 is 1.57 bits per heavy atom. The fraction of sp³-hybridized carbons (Fsp3) is 0. The molecule has 30 heavy (non-hydrogen) atoms. The van der Waals surface area contributed by atoms with E-state index in [1.54, 1.807) is 30.3 Å². The Labute approximate surface area is 171 Å². The van der Waals surface area contributed by atoms with Crippen molar-refractivity contribution >= 4 is 29.3 Å². The first-order valence-electron chi connectivity index (χ1n) is 8.79. The van der Waals surface area contributed by atoms with Gasteiger partial charge in [0.2, 0.25) is 0 Å². The number of carbonyl (C=O) groups excluding carboxylic acids is 2. The second kappa shape index (κ2) is 9.65. The zero-order valence-corrected chi connectivity index (χ0v) is 15.6. The summed E-state index contributed by atoms with van der Waals surface area (Å²) in [5.41, 5.74) is 4.28. The Hall–Kier alpha value is -4.46. The van der Waals surface area contributed by atoms with Crippen molar-refractivity contribution in [2.75, 3.05) is 5.48 Å². The van der Waals surface area contributed by atoms with Gasteiger partial charge in [-0.15, -0.1) is 10.2 Å². The number of hydrogen-bond acceptors (Lipinski definition) is 7. The van der Waals surface area contributed by atoms with E-state index in [9.17, 15) is 19.8 Å². The molecule has 0 atom stereocenters. The first kappa shape index (κ1) is 20.3. The molecule has 8 nitrogen and oxygen atoms in total. The highest BCUT2D eigenvalue weighted by molar-refractivity contribution is 5.95. The molecule has 0 radical (unpaired) electrons. The fourth-order valence-corrected chi connectivity index (χ4v) is 2.35. The Balaban J connectivity index is 1.53. The zero-order chi connectivity index (χ0) is 21.3. The van der Waals surface area contributed by atoms with Gasteiger partial charge in [-0.25, -0.2) is 10.3 Å². The van der Waals surface area contributed by atoms with Crippen LogP contribution in [0.4, 0.5) is 11.4 Å². The maximum absolute atomic E-state index is 12.0. The number of rotatable bonds is 6. The Kier molecular flexibility index (Phi) is 6.52. The molecular weight excluding hydrogens is 386 g/mol. The predicted octanol–water partition coefficient (Wildman–Crippen LogP) is 4.61. The fourth-order valence-electron chi connectivity index (χ4n) is 2.35. The van der Waals surface area contributed by atoms with Gasteiger partial charge in [-0.1, -0.05) is 30.3 Å². The molecule has 0 spiro atoms. The van der Waals surface area contributed by atoms with Crippen molar-refractivity contribution in [2.24, 2.45) is 10.2 Å². The smallest absolute Gasteiger partial charge is 0.355 e. The third kappa shape index (κ3) is 6.03. The molecular formula is C22H17N3O5. The molecule has 0 saturated carbocycles. The van der Waals surface area contributed by atoms with Crippen LogP contribution < -0.4 is 5.48 Å². The number of nitrogens with zero attached hydrogens (tertiary/aromatic N) is 2. The minimum absolute atomic E-state index is 0.00464. The highest BCUT2D eigenvalue weighted by Gasteiger charge is 2.07. The molecule has 0 heterocycles. The molecule has 8 heteroatoms. The van der Waals surface area contributed by atoms with Gasteiger partial charge in [0.15, 0.2) is 0 Å². The monoisotopic (exact) mass is 403 g/mol. The lowest BCUT2D eigenvalue weighted by molar-refractivity contribution is -0.134. The van der Waals surface area contributed by atoms with Crippen molar-refractivity contribution in [3.05, 3.63) is 90.0 Å². The average molecular weight is 403 g/mol. The van der Waals surface area contributed by atoms with E-state index in [1.165, 1.54) is 18.2 Å².